The number of likely N-dealkylation sites (tertiary alicyclic amines) is 1. The fraction of sp³-hybridized carbons (Fsp3) is 0.700. The molecule has 1 amide bonds. The van der Waals surface area contributed by atoms with E-state index in [1.807, 2.05) is 6.92 Å². The normalized spacial score (nSPS) is 17.3. The maximum Gasteiger partial charge on any atom is 0.240 e. The van der Waals surface area contributed by atoms with E-state index in [9.17, 15) is 4.79 Å². The van der Waals surface area contributed by atoms with Crippen LogP contribution in [0.4, 0.5) is 5.13 Å². The Balaban J connectivity index is 1.79. The van der Waals surface area contributed by atoms with Gasteiger partial charge in [-0.15, -0.1) is 10.2 Å². The molecule has 1 aliphatic heterocycles. The summed E-state index contributed by atoms with van der Waals surface area (Å²) in [5.41, 5.74) is 0. The number of carbonyl (C=O) groups excluding carboxylic acids is 1. The molecule has 0 atom stereocenters. The Labute approximate surface area is 98.9 Å². The van der Waals surface area contributed by atoms with E-state index < -0.39 is 0 Å². The third-order valence-corrected chi connectivity index (χ3v) is 3.34. The zero-order chi connectivity index (χ0) is 11.4. The van der Waals surface area contributed by atoms with Crippen molar-refractivity contribution in [2.75, 3.05) is 25.0 Å². The number of nitrogens with zero attached hydrogens (tertiary/aromatic N) is 3. The highest BCUT2D eigenvalue weighted by molar-refractivity contribution is 7.15. The van der Waals surface area contributed by atoms with Gasteiger partial charge in [0.15, 0.2) is 0 Å². The van der Waals surface area contributed by atoms with Crippen molar-refractivity contribution in [3.63, 3.8) is 0 Å². The molecule has 0 aromatic carbocycles. The van der Waals surface area contributed by atoms with Gasteiger partial charge in [-0.2, -0.15) is 0 Å². The van der Waals surface area contributed by atoms with Crippen LogP contribution in [0.5, 0.6) is 0 Å². The fourth-order valence-corrected chi connectivity index (χ4v) is 2.43. The van der Waals surface area contributed by atoms with Gasteiger partial charge in [-0.3, -0.25) is 15.0 Å². The summed E-state index contributed by atoms with van der Waals surface area (Å²) in [5, 5.41) is 12.0. The van der Waals surface area contributed by atoms with Crippen molar-refractivity contribution in [1.29, 1.82) is 0 Å². The monoisotopic (exact) mass is 240 g/mol. The van der Waals surface area contributed by atoms with Crippen LogP contribution >= 0.6 is 11.3 Å². The Bertz CT molecular complexity index is 359. The van der Waals surface area contributed by atoms with Gasteiger partial charge in [0.05, 0.1) is 6.54 Å². The first-order chi connectivity index (χ1) is 7.74. The SMILES string of the molecule is Cc1nnc(NC(=O)CN2CCCCC2)s1. The first-order valence-corrected chi connectivity index (χ1v) is 6.38. The van der Waals surface area contributed by atoms with E-state index in [2.05, 4.69) is 20.4 Å². The van der Waals surface area contributed by atoms with Gasteiger partial charge in [0.2, 0.25) is 11.0 Å². The molecule has 0 aliphatic carbocycles. The molecule has 1 aromatic heterocycles. The Morgan fingerprint density at radius 3 is 2.75 bits per heavy atom. The number of rotatable bonds is 3. The molecule has 5 nitrogen and oxygen atoms in total. The minimum Gasteiger partial charge on any atom is -0.299 e. The summed E-state index contributed by atoms with van der Waals surface area (Å²) in [6, 6.07) is 0. The summed E-state index contributed by atoms with van der Waals surface area (Å²) in [5.74, 6) is 0.0121. The van der Waals surface area contributed by atoms with Crippen LogP contribution in [0.15, 0.2) is 0 Å². The smallest absolute Gasteiger partial charge is 0.240 e. The van der Waals surface area contributed by atoms with E-state index in [1.54, 1.807) is 0 Å². The quantitative estimate of drug-likeness (QED) is 0.864. The van der Waals surface area contributed by atoms with Gasteiger partial charge in [0.25, 0.3) is 0 Å². The Morgan fingerprint density at radius 1 is 1.38 bits per heavy atom. The van der Waals surface area contributed by atoms with E-state index in [0.29, 0.717) is 11.7 Å². The summed E-state index contributed by atoms with van der Waals surface area (Å²) >= 11 is 1.41. The summed E-state index contributed by atoms with van der Waals surface area (Å²) in [6.07, 6.45) is 3.68. The Morgan fingerprint density at radius 2 is 2.12 bits per heavy atom. The van der Waals surface area contributed by atoms with E-state index in [0.717, 1.165) is 18.1 Å². The van der Waals surface area contributed by atoms with Gasteiger partial charge < -0.3 is 0 Å². The number of carbonyl (C=O) groups is 1. The predicted molar refractivity (Wildman–Crippen MR) is 63.6 cm³/mol. The van der Waals surface area contributed by atoms with Crippen LogP contribution in [0.1, 0.15) is 24.3 Å². The van der Waals surface area contributed by atoms with Crippen molar-refractivity contribution < 1.29 is 4.79 Å². The van der Waals surface area contributed by atoms with Crippen LogP contribution in [0.2, 0.25) is 0 Å². The molecule has 2 heterocycles. The van der Waals surface area contributed by atoms with Crippen molar-refractivity contribution >= 4 is 22.4 Å². The summed E-state index contributed by atoms with van der Waals surface area (Å²) < 4.78 is 0. The Kier molecular flexibility index (Phi) is 3.84. The molecule has 88 valence electrons. The van der Waals surface area contributed by atoms with Crippen molar-refractivity contribution in [3.05, 3.63) is 5.01 Å². The molecule has 0 bridgehead atoms. The molecule has 1 fully saturated rings. The molecule has 16 heavy (non-hydrogen) atoms. The summed E-state index contributed by atoms with van der Waals surface area (Å²) in [7, 11) is 0. The molecular weight excluding hydrogens is 224 g/mol. The molecule has 1 N–H and O–H groups in total. The first-order valence-electron chi connectivity index (χ1n) is 5.56. The van der Waals surface area contributed by atoms with Gasteiger partial charge in [-0.05, 0) is 32.9 Å². The van der Waals surface area contributed by atoms with Crippen LogP contribution in [0.25, 0.3) is 0 Å². The standard InChI is InChI=1S/C10H16N4OS/c1-8-12-13-10(16-8)11-9(15)7-14-5-3-2-4-6-14/h2-7H2,1H3,(H,11,13,15). The second-order valence-electron chi connectivity index (χ2n) is 4.01. The highest BCUT2D eigenvalue weighted by Gasteiger charge is 2.14. The predicted octanol–water partition coefficient (Wildman–Crippen LogP) is 1.27. The number of aromatic nitrogens is 2. The molecule has 0 spiro atoms. The van der Waals surface area contributed by atoms with E-state index >= 15 is 0 Å². The number of hydrogen-bond acceptors (Lipinski definition) is 5. The molecule has 0 unspecified atom stereocenters. The lowest BCUT2D eigenvalue weighted by Gasteiger charge is -2.25. The molecular formula is C10H16N4OS. The van der Waals surface area contributed by atoms with Crippen LogP contribution in [0, 0.1) is 6.92 Å². The molecule has 0 radical (unpaired) electrons. The van der Waals surface area contributed by atoms with Crippen LogP contribution in [-0.2, 0) is 4.79 Å². The first kappa shape index (κ1) is 11.5. The average molecular weight is 240 g/mol. The van der Waals surface area contributed by atoms with Crippen molar-refractivity contribution in [2.24, 2.45) is 0 Å². The molecule has 0 saturated carbocycles. The zero-order valence-corrected chi connectivity index (χ0v) is 10.2. The van der Waals surface area contributed by atoms with Gasteiger partial charge in [0, 0.05) is 0 Å². The highest BCUT2D eigenvalue weighted by Crippen LogP contribution is 2.14. The summed E-state index contributed by atoms with van der Waals surface area (Å²) in [6.45, 7) is 4.40. The number of hydrogen-bond donors (Lipinski definition) is 1. The molecule has 1 saturated heterocycles. The highest BCUT2D eigenvalue weighted by atomic mass is 32.1. The lowest BCUT2D eigenvalue weighted by molar-refractivity contribution is -0.117. The number of aryl methyl sites for hydroxylation is 1. The minimum atomic E-state index is 0.0121. The second-order valence-corrected chi connectivity index (χ2v) is 5.19. The van der Waals surface area contributed by atoms with Gasteiger partial charge >= 0.3 is 0 Å². The van der Waals surface area contributed by atoms with E-state index in [1.165, 1.54) is 30.6 Å². The minimum absolute atomic E-state index is 0.0121. The maximum absolute atomic E-state index is 11.7. The molecule has 6 heteroatoms. The van der Waals surface area contributed by atoms with E-state index in [-0.39, 0.29) is 5.91 Å². The topological polar surface area (TPSA) is 58.1 Å². The van der Waals surface area contributed by atoms with Crippen molar-refractivity contribution in [2.45, 2.75) is 26.2 Å². The third kappa shape index (κ3) is 3.24. The Hall–Kier alpha value is -1.01. The largest absolute Gasteiger partial charge is 0.299 e. The lowest BCUT2D eigenvalue weighted by atomic mass is 10.1. The van der Waals surface area contributed by atoms with Gasteiger partial charge in [-0.1, -0.05) is 17.8 Å². The summed E-state index contributed by atoms with van der Waals surface area (Å²) in [4.78, 5) is 13.9. The van der Waals surface area contributed by atoms with Gasteiger partial charge in [-0.25, -0.2) is 0 Å². The fourth-order valence-electron chi connectivity index (χ4n) is 1.83. The molecule has 1 aromatic rings. The number of anilines is 1. The lowest BCUT2D eigenvalue weighted by Crippen LogP contribution is -2.36. The van der Waals surface area contributed by atoms with Gasteiger partial charge in [0.1, 0.15) is 5.01 Å². The van der Waals surface area contributed by atoms with Crippen molar-refractivity contribution in [1.82, 2.24) is 15.1 Å². The van der Waals surface area contributed by atoms with Crippen molar-refractivity contribution in [3.8, 4) is 0 Å². The number of amides is 1. The number of piperidine rings is 1. The molecule has 2 rings (SSSR count). The zero-order valence-electron chi connectivity index (χ0n) is 9.40. The van der Waals surface area contributed by atoms with E-state index in [4.69, 9.17) is 0 Å². The maximum atomic E-state index is 11.7. The average Bonchev–Trinajstić information content (AvgIpc) is 2.65. The number of nitrogens with one attached hydrogen (secondary N) is 1. The second kappa shape index (κ2) is 5.36. The van der Waals surface area contributed by atoms with Crippen LogP contribution in [-0.4, -0.2) is 40.6 Å². The van der Waals surface area contributed by atoms with Crippen LogP contribution < -0.4 is 5.32 Å². The molecule has 1 aliphatic rings. The van der Waals surface area contributed by atoms with Crippen LogP contribution in [0.3, 0.4) is 0 Å². The third-order valence-electron chi connectivity index (χ3n) is 2.59.